The van der Waals surface area contributed by atoms with Crippen molar-refractivity contribution in [2.45, 2.75) is 22.6 Å². The zero-order valence-electron chi connectivity index (χ0n) is 14.1. The number of hydrogen-bond acceptors (Lipinski definition) is 5. The molecule has 0 spiro atoms. The second-order valence-corrected chi connectivity index (χ2v) is 9.11. The zero-order valence-corrected chi connectivity index (χ0v) is 14.9. The van der Waals surface area contributed by atoms with Gasteiger partial charge in [-0.05, 0) is 41.5 Å². The summed E-state index contributed by atoms with van der Waals surface area (Å²) in [5.74, 6) is 0.0190. The van der Waals surface area contributed by atoms with E-state index in [1.165, 1.54) is 0 Å². The molecule has 2 aromatic heterocycles. The lowest BCUT2D eigenvalue weighted by molar-refractivity contribution is 0.321. The Labute approximate surface area is 152 Å². The highest BCUT2D eigenvalue weighted by molar-refractivity contribution is 7.92. The van der Waals surface area contributed by atoms with E-state index in [1.807, 2.05) is 36.4 Å². The molecule has 5 rings (SSSR count). The molecule has 0 bridgehead atoms. The summed E-state index contributed by atoms with van der Waals surface area (Å²) in [6, 6.07) is 13.4. The van der Waals surface area contributed by atoms with Gasteiger partial charge in [-0.25, -0.2) is 8.42 Å². The number of benzene rings is 1. The number of furan rings is 1. The number of pyridine rings is 1. The van der Waals surface area contributed by atoms with Crippen LogP contribution in [0.25, 0.3) is 11.1 Å². The summed E-state index contributed by atoms with van der Waals surface area (Å²) in [6.07, 6.45) is 5.09. The van der Waals surface area contributed by atoms with E-state index in [2.05, 4.69) is 9.88 Å². The average molecular weight is 366 g/mol. The molecule has 1 saturated heterocycles. The molecule has 5 nitrogen and oxygen atoms in total. The first-order chi connectivity index (χ1) is 12.6. The van der Waals surface area contributed by atoms with E-state index in [0.29, 0.717) is 18.0 Å². The predicted molar refractivity (Wildman–Crippen MR) is 97.4 cm³/mol. The van der Waals surface area contributed by atoms with Crippen molar-refractivity contribution < 1.29 is 12.8 Å². The van der Waals surface area contributed by atoms with Gasteiger partial charge in [0.1, 0.15) is 0 Å². The Hall–Kier alpha value is -2.44. The Balaban J connectivity index is 1.49. The first-order valence-electron chi connectivity index (χ1n) is 8.65. The van der Waals surface area contributed by atoms with Crippen LogP contribution >= 0.6 is 0 Å². The second-order valence-electron chi connectivity index (χ2n) is 6.97. The number of hydrogen-bond donors (Lipinski definition) is 0. The molecule has 26 heavy (non-hydrogen) atoms. The molecule has 2 atom stereocenters. The lowest BCUT2D eigenvalue weighted by Crippen LogP contribution is -2.26. The quantitative estimate of drug-likeness (QED) is 0.713. The molecule has 6 heteroatoms. The highest BCUT2D eigenvalue weighted by Gasteiger charge is 2.50. The van der Waals surface area contributed by atoms with Crippen molar-refractivity contribution in [3.8, 4) is 11.1 Å². The van der Waals surface area contributed by atoms with E-state index < -0.39 is 9.84 Å². The number of fused-ring (bicyclic) bond motifs is 3. The van der Waals surface area contributed by atoms with Crippen molar-refractivity contribution in [3.63, 3.8) is 0 Å². The van der Waals surface area contributed by atoms with E-state index in [-0.39, 0.29) is 11.2 Å². The molecule has 1 aromatic carbocycles. The Morgan fingerprint density at radius 1 is 1.12 bits per heavy atom. The zero-order chi connectivity index (χ0) is 17.7. The minimum atomic E-state index is -3.28. The molecule has 2 aliphatic heterocycles. The standard InChI is InChI=1S/C20H18N2O3S/c23-26(24)19-5-4-14(15-6-8-25-13-15)9-17(19)18-11-22(12-20(18)26)10-16-3-1-2-7-21-16/h1-9,13,18,20H,10-12H2/t18-,20-/m1/s1. The van der Waals surface area contributed by atoms with Crippen LogP contribution in [0, 0.1) is 0 Å². The van der Waals surface area contributed by atoms with Gasteiger partial charge in [-0.2, -0.15) is 0 Å². The fraction of sp³-hybridized carbons (Fsp3) is 0.250. The third-order valence-corrected chi connectivity index (χ3v) is 7.68. The molecule has 4 heterocycles. The van der Waals surface area contributed by atoms with Crippen LogP contribution in [0.4, 0.5) is 0 Å². The minimum absolute atomic E-state index is 0.0190. The first kappa shape index (κ1) is 15.8. The molecule has 0 aliphatic carbocycles. The van der Waals surface area contributed by atoms with Crippen molar-refractivity contribution in [2.24, 2.45) is 0 Å². The third kappa shape index (κ3) is 2.40. The fourth-order valence-corrected chi connectivity index (χ4v) is 6.38. The summed E-state index contributed by atoms with van der Waals surface area (Å²) in [7, 11) is -3.28. The molecular formula is C20H18N2O3S. The van der Waals surface area contributed by atoms with E-state index >= 15 is 0 Å². The maximum atomic E-state index is 13.0. The predicted octanol–water partition coefficient (Wildman–Crippen LogP) is 3.10. The van der Waals surface area contributed by atoms with Gasteiger partial charge in [0.15, 0.2) is 9.84 Å². The van der Waals surface area contributed by atoms with Crippen molar-refractivity contribution in [2.75, 3.05) is 13.1 Å². The van der Waals surface area contributed by atoms with Crippen LogP contribution in [0.2, 0.25) is 0 Å². The molecule has 0 N–H and O–H groups in total. The number of likely N-dealkylation sites (tertiary alicyclic amines) is 1. The van der Waals surface area contributed by atoms with Crippen LogP contribution in [0.15, 0.2) is 70.5 Å². The SMILES string of the molecule is O=S1(=O)c2ccc(-c3ccoc3)cc2[C@H]2CN(Cc3ccccn3)C[C@H]21. The maximum Gasteiger partial charge on any atom is 0.183 e. The summed E-state index contributed by atoms with van der Waals surface area (Å²) in [6.45, 7) is 1.97. The Kier molecular flexibility index (Phi) is 3.52. The highest BCUT2D eigenvalue weighted by atomic mass is 32.2. The van der Waals surface area contributed by atoms with E-state index in [1.54, 1.807) is 24.8 Å². The summed E-state index contributed by atoms with van der Waals surface area (Å²) >= 11 is 0. The van der Waals surface area contributed by atoms with Crippen LogP contribution in [-0.2, 0) is 16.4 Å². The van der Waals surface area contributed by atoms with Crippen LogP contribution in [-0.4, -0.2) is 36.6 Å². The summed E-state index contributed by atoms with van der Waals surface area (Å²) < 4.78 is 31.2. The van der Waals surface area contributed by atoms with Crippen LogP contribution in [0.3, 0.4) is 0 Å². The fourth-order valence-electron chi connectivity index (χ4n) is 4.18. The largest absolute Gasteiger partial charge is 0.472 e. The van der Waals surface area contributed by atoms with Gasteiger partial charge in [-0.3, -0.25) is 9.88 Å². The average Bonchev–Trinajstić information content (AvgIpc) is 3.35. The molecule has 1 fully saturated rings. The monoisotopic (exact) mass is 366 g/mol. The van der Waals surface area contributed by atoms with Crippen molar-refractivity contribution in [1.29, 1.82) is 0 Å². The Morgan fingerprint density at radius 2 is 2.04 bits per heavy atom. The molecule has 0 radical (unpaired) electrons. The van der Waals surface area contributed by atoms with Gasteiger partial charge in [0, 0.05) is 37.3 Å². The van der Waals surface area contributed by atoms with Gasteiger partial charge in [0.05, 0.1) is 28.4 Å². The molecule has 0 amide bonds. The van der Waals surface area contributed by atoms with Gasteiger partial charge < -0.3 is 4.42 Å². The van der Waals surface area contributed by atoms with Crippen molar-refractivity contribution in [3.05, 3.63) is 72.4 Å². The number of nitrogens with zero attached hydrogens (tertiary/aromatic N) is 2. The Morgan fingerprint density at radius 3 is 2.81 bits per heavy atom. The molecule has 132 valence electrons. The van der Waals surface area contributed by atoms with Crippen molar-refractivity contribution in [1.82, 2.24) is 9.88 Å². The lowest BCUT2D eigenvalue weighted by Gasteiger charge is -2.16. The summed E-state index contributed by atoms with van der Waals surface area (Å²) in [5, 5.41) is -0.360. The number of rotatable bonds is 3. The molecular weight excluding hydrogens is 348 g/mol. The van der Waals surface area contributed by atoms with Crippen LogP contribution in [0.5, 0.6) is 0 Å². The normalized spacial score (nSPS) is 23.7. The van der Waals surface area contributed by atoms with Gasteiger partial charge in [-0.1, -0.05) is 12.1 Å². The topological polar surface area (TPSA) is 63.4 Å². The second kappa shape index (κ2) is 5.79. The van der Waals surface area contributed by atoms with Gasteiger partial charge in [-0.15, -0.1) is 0 Å². The lowest BCUT2D eigenvalue weighted by atomic mass is 9.95. The van der Waals surface area contributed by atoms with Crippen molar-refractivity contribution >= 4 is 9.84 Å². The number of aromatic nitrogens is 1. The van der Waals surface area contributed by atoms with Gasteiger partial charge in [0.2, 0.25) is 0 Å². The van der Waals surface area contributed by atoms with E-state index in [4.69, 9.17) is 4.42 Å². The summed E-state index contributed by atoms with van der Waals surface area (Å²) in [5.41, 5.74) is 3.88. The molecule has 2 aliphatic rings. The van der Waals surface area contributed by atoms with Crippen LogP contribution in [0.1, 0.15) is 17.2 Å². The Bertz CT molecular complexity index is 1050. The summed E-state index contributed by atoms with van der Waals surface area (Å²) in [4.78, 5) is 7.06. The molecule has 0 saturated carbocycles. The maximum absolute atomic E-state index is 13.0. The van der Waals surface area contributed by atoms with Crippen LogP contribution < -0.4 is 0 Å². The van der Waals surface area contributed by atoms with E-state index in [0.717, 1.165) is 28.9 Å². The van der Waals surface area contributed by atoms with Gasteiger partial charge >= 0.3 is 0 Å². The third-order valence-electron chi connectivity index (χ3n) is 5.42. The molecule has 0 unspecified atom stereocenters. The first-order valence-corrected chi connectivity index (χ1v) is 10.2. The van der Waals surface area contributed by atoms with E-state index in [9.17, 15) is 8.42 Å². The minimum Gasteiger partial charge on any atom is -0.472 e. The van der Waals surface area contributed by atoms with Gasteiger partial charge in [0.25, 0.3) is 0 Å². The number of sulfone groups is 1. The molecule has 3 aromatic rings. The smallest absolute Gasteiger partial charge is 0.183 e. The highest BCUT2D eigenvalue weighted by Crippen LogP contribution is 2.46.